The van der Waals surface area contributed by atoms with Crippen LogP contribution in [-0.2, 0) is 0 Å². The monoisotopic (exact) mass is 304 g/mol. The van der Waals surface area contributed by atoms with Crippen LogP contribution in [0.15, 0.2) is 23.3 Å². The summed E-state index contributed by atoms with van der Waals surface area (Å²) in [5.74, 6) is 0.0801. The smallest absolute Gasteiger partial charge is 0.255 e. The summed E-state index contributed by atoms with van der Waals surface area (Å²) in [4.78, 5) is 25.4. The first-order chi connectivity index (χ1) is 10.1. The zero-order chi connectivity index (χ0) is 14.8. The second-order valence-corrected chi connectivity index (χ2v) is 6.92. The van der Waals surface area contributed by atoms with Crippen molar-refractivity contribution in [3.63, 3.8) is 0 Å². The van der Waals surface area contributed by atoms with Crippen LogP contribution in [0, 0.1) is 6.92 Å². The lowest BCUT2D eigenvalue weighted by Crippen LogP contribution is -2.49. The number of aromatic nitrogens is 1. The Morgan fingerprint density at radius 1 is 1.29 bits per heavy atom. The number of amidine groups is 1. The van der Waals surface area contributed by atoms with Crippen LogP contribution in [0.4, 0.5) is 0 Å². The number of pyridine rings is 1. The zero-order valence-electron chi connectivity index (χ0n) is 12.5. The van der Waals surface area contributed by atoms with Gasteiger partial charge in [0.25, 0.3) is 5.91 Å². The predicted octanol–water partition coefficient (Wildman–Crippen LogP) is 1.64. The van der Waals surface area contributed by atoms with E-state index < -0.39 is 0 Å². The predicted molar refractivity (Wildman–Crippen MR) is 85.8 cm³/mol. The molecule has 3 rings (SSSR count). The Kier molecular flexibility index (Phi) is 4.14. The van der Waals surface area contributed by atoms with Crippen molar-refractivity contribution >= 4 is 22.8 Å². The number of rotatable bonds is 1. The molecule has 1 fully saturated rings. The Labute approximate surface area is 129 Å². The van der Waals surface area contributed by atoms with Crippen molar-refractivity contribution < 1.29 is 4.79 Å². The lowest BCUT2D eigenvalue weighted by molar-refractivity contribution is 0.0693. The van der Waals surface area contributed by atoms with E-state index in [9.17, 15) is 4.79 Å². The van der Waals surface area contributed by atoms with E-state index in [4.69, 9.17) is 0 Å². The van der Waals surface area contributed by atoms with E-state index in [0.717, 1.165) is 43.6 Å². The fraction of sp³-hybridized carbons (Fsp3) is 0.533. The van der Waals surface area contributed by atoms with Gasteiger partial charge >= 0.3 is 0 Å². The van der Waals surface area contributed by atoms with E-state index in [1.807, 2.05) is 35.7 Å². The number of aryl methyl sites for hydroxylation is 1. The maximum absolute atomic E-state index is 12.4. The summed E-state index contributed by atoms with van der Waals surface area (Å²) in [6.07, 6.45) is 1.67. The Hall–Kier alpha value is -1.56. The quantitative estimate of drug-likeness (QED) is 0.791. The summed E-state index contributed by atoms with van der Waals surface area (Å²) >= 11 is 1.84. The molecule has 1 unspecified atom stereocenters. The molecular weight excluding hydrogens is 284 g/mol. The third-order valence-corrected chi connectivity index (χ3v) is 4.94. The molecule has 0 N–H and O–H groups in total. The van der Waals surface area contributed by atoms with Gasteiger partial charge < -0.3 is 9.80 Å². The lowest BCUT2D eigenvalue weighted by Gasteiger charge is -2.35. The Morgan fingerprint density at radius 3 is 2.62 bits per heavy atom. The molecule has 0 radical (unpaired) electrons. The highest BCUT2D eigenvalue weighted by molar-refractivity contribution is 8.14. The molecule has 5 nitrogen and oxygen atoms in total. The third kappa shape index (κ3) is 3.20. The number of carbonyl (C=O) groups excluding carboxylic acids is 1. The van der Waals surface area contributed by atoms with Gasteiger partial charge in [-0.3, -0.25) is 14.8 Å². The van der Waals surface area contributed by atoms with E-state index in [1.54, 1.807) is 6.20 Å². The summed E-state index contributed by atoms with van der Waals surface area (Å²) in [6, 6.07) is 3.74. The van der Waals surface area contributed by atoms with E-state index in [-0.39, 0.29) is 5.91 Å². The molecular formula is C15H20N4OS. The first kappa shape index (κ1) is 14.4. The SMILES string of the molecule is Cc1ccc(C(=O)N2CCN(C3=NCC(C)S3)CC2)cn1. The van der Waals surface area contributed by atoms with Crippen molar-refractivity contribution in [2.24, 2.45) is 4.99 Å². The van der Waals surface area contributed by atoms with Crippen molar-refractivity contribution in [2.75, 3.05) is 32.7 Å². The minimum absolute atomic E-state index is 0.0801. The highest BCUT2D eigenvalue weighted by Crippen LogP contribution is 2.23. The van der Waals surface area contributed by atoms with Gasteiger partial charge in [-0.2, -0.15) is 0 Å². The molecule has 3 heterocycles. The summed E-state index contributed by atoms with van der Waals surface area (Å²) in [6.45, 7) is 8.27. The fourth-order valence-electron chi connectivity index (χ4n) is 2.51. The lowest BCUT2D eigenvalue weighted by atomic mass is 10.2. The van der Waals surface area contributed by atoms with Crippen LogP contribution in [0.1, 0.15) is 23.0 Å². The Morgan fingerprint density at radius 2 is 2.05 bits per heavy atom. The number of hydrogen-bond acceptors (Lipinski definition) is 5. The number of carbonyl (C=O) groups is 1. The molecule has 1 aromatic heterocycles. The van der Waals surface area contributed by atoms with Gasteiger partial charge in [-0.25, -0.2) is 0 Å². The normalized spacial score (nSPS) is 22.4. The van der Waals surface area contributed by atoms with Gasteiger partial charge in [0.05, 0.1) is 12.1 Å². The maximum atomic E-state index is 12.4. The first-order valence-electron chi connectivity index (χ1n) is 7.31. The molecule has 1 aromatic rings. The van der Waals surface area contributed by atoms with Crippen LogP contribution < -0.4 is 0 Å². The highest BCUT2D eigenvalue weighted by Gasteiger charge is 2.27. The van der Waals surface area contributed by atoms with Crippen LogP contribution in [-0.4, -0.2) is 63.8 Å². The molecule has 0 bridgehead atoms. The van der Waals surface area contributed by atoms with Crippen LogP contribution in [0.3, 0.4) is 0 Å². The number of piperazine rings is 1. The molecule has 6 heteroatoms. The second kappa shape index (κ2) is 6.05. The summed E-state index contributed by atoms with van der Waals surface area (Å²) in [7, 11) is 0. The molecule has 1 saturated heterocycles. The molecule has 112 valence electrons. The average Bonchev–Trinajstić information content (AvgIpc) is 2.94. The molecule has 0 saturated carbocycles. The van der Waals surface area contributed by atoms with Crippen molar-refractivity contribution in [1.29, 1.82) is 0 Å². The molecule has 2 aliphatic heterocycles. The van der Waals surface area contributed by atoms with Gasteiger partial charge in [-0.1, -0.05) is 18.7 Å². The summed E-state index contributed by atoms with van der Waals surface area (Å²) < 4.78 is 0. The topological polar surface area (TPSA) is 48.8 Å². The number of aliphatic imine (C=N–C) groups is 1. The number of amides is 1. The van der Waals surface area contributed by atoms with Crippen molar-refractivity contribution in [2.45, 2.75) is 19.1 Å². The zero-order valence-corrected chi connectivity index (χ0v) is 13.3. The van der Waals surface area contributed by atoms with E-state index in [1.165, 1.54) is 0 Å². The Balaban J connectivity index is 1.58. The molecule has 0 spiro atoms. The van der Waals surface area contributed by atoms with E-state index in [2.05, 4.69) is 21.8 Å². The maximum Gasteiger partial charge on any atom is 0.255 e. The number of thioether (sulfide) groups is 1. The van der Waals surface area contributed by atoms with Crippen LogP contribution in [0.5, 0.6) is 0 Å². The molecule has 2 aliphatic rings. The van der Waals surface area contributed by atoms with Crippen molar-refractivity contribution in [3.8, 4) is 0 Å². The minimum Gasteiger partial charge on any atom is -0.348 e. The van der Waals surface area contributed by atoms with Gasteiger partial charge in [0, 0.05) is 43.3 Å². The summed E-state index contributed by atoms with van der Waals surface area (Å²) in [5, 5.41) is 1.73. The molecule has 0 aromatic carbocycles. The standard InChI is InChI=1S/C15H20N4OS/c1-11-3-4-13(10-16-11)14(20)18-5-7-19(8-6-18)15-17-9-12(2)21-15/h3-4,10,12H,5-9H2,1-2H3. The second-order valence-electron chi connectivity index (χ2n) is 5.52. The minimum atomic E-state index is 0.0801. The highest BCUT2D eigenvalue weighted by atomic mass is 32.2. The number of hydrogen-bond donors (Lipinski definition) is 0. The van der Waals surface area contributed by atoms with Gasteiger partial charge in [0.1, 0.15) is 0 Å². The molecule has 1 amide bonds. The van der Waals surface area contributed by atoms with Gasteiger partial charge in [-0.05, 0) is 19.1 Å². The molecule has 21 heavy (non-hydrogen) atoms. The average molecular weight is 304 g/mol. The van der Waals surface area contributed by atoms with Crippen molar-refractivity contribution in [3.05, 3.63) is 29.6 Å². The van der Waals surface area contributed by atoms with Crippen LogP contribution >= 0.6 is 11.8 Å². The van der Waals surface area contributed by atoms with Crippen LogP contribution in [0.25, 0.3) is 0 Å². The van der Waals surface area contributed by atoms with E-state index >= 15 is 0 Å². The van der Waals surface area contributed by atoms with Gasteiger partial charge in [0.2, 0.25) is 0 Å². The van der Waals surface area contributed by atoms with Crippen molar-refractivity contribution in [1.82, 2.24) is 14.8 Å². The van der Waals surface area contributed by atoms with Gasteiger partial charge in [-0.15, -0.1) is 0 Å². The number of nitrogens with zero attached hydrogens (tertiary/aromatic N) is 4. The third-order valence-electron chi connectivity index (χ3n) is 3.79. The first-order valence-corrected chi connectivity index (χ1v) is 8.19. The molecule has 0 aliphatic carbocycles. The summed E-state index contributed by atoms with van der Waals surface area (Å²) in [5.41, 5.74) is 1.61. The van der Waals surface area contributed by atoms with Gasteiger partial charge in [0.15, 0.2) is 5.17 Å². The molecule has 1 atom stereocenters. The van der Waals surface area contributed by atoms with Crippen LogP contribution in [0.2, 0.25) is 0 Å². The van der Waals surface area contributed by atoms with E-state index in [0.29, 0.717) is 10.8 Å². The largest absolute Gasteiger partial charge is 0.348 e. The fourth-order valence-corrected chi connectivity index (χ4v) is 3.50. The Bertz CT molecular complexity index is 549.